The summed E-state index contributed by atoms with van der Waals surface area (Å²) in [4.78, 5) is 14.8. The van der Waals surface area contributed by atoms with Gasteiger partial charge in [0.1, 0.15) is 11.5 Å². The first kappa shape index (κ1) is 18.3. The van der Waals surface area contributed by atoms with E-state index in [1.54, 1.807) is 14.2 Å². The van der Waals surface area contributed by atoms with E-state index in [9.17, 15) is 4.79 Å². The molecular formula is C21H26N2O3. The highest BCUT2D eigenvalue weighted by atomic mass is 16.5. The molecule has 2 aromatic carbocycles. The summed E-state index contributed by atoms with van der Waals surface area (Å²) in [6, 6.07) is 15.8. The molecule has 2 aromatic rings. The van der Waals surface area contributed by atoms with Crippen LogP contribution in [0.15, 0.2) is 48.5 Å². The van der Waals surface area contributed by atoms with Crippen LogP contribution in [0.25, 0.3) is 0 Å². The van der Waals surface area contributed by atoms with E-state index in [0.717, 1.165) is 11.3 Å². The third kappa shape index (κ3) is 3.83. The second-order valence-corrected chi connectivity index (χ2v) is 6.67. The predicted octanol–water partition coefficient (Wildman–Crippen LogP) is 2.45. The van der Waals surface area contributed by atoms with Gasteiger partial charge in [0, 0.05) is 24.6 Å². The lowest BCUT2D eigenvalue weighted by atomic mass is 9.89. The smallest absolute Gasteiger partial charge is 0.227 e. The summed E-state index contributed by atoms with van der Waals surface area (Å²) < 4.78 is 10.7. The van der Waals surface area contributed by atoms with Crippen LogP contribution in [0, 0.1) is 5.92 Å². The summed E-state index contributed by atoms with van der Waals surface area (Å²) in [5, 5.41) is 0. The van der Waals surface area contributed by atoms with Crippen molar-refractivity contribution >= 4 is 5.91 Å². The number of ether oxygens (including phenoxy) is 2. The SMILES string of the molecule is COc1ccc(OC)c(CC(=O)N2C[C@@H](CN)[C@H](c3ccccc3)C2)c1. The van der Waals surface area contributed by atoms with Crippen molar-refractivity contribution in [3.05, 3.63) is 59.7 Å². The fraction of sp³-hybridized carbons (Fsp3) is 0.381. The van der Waals surface area contributed by atoms with Crippen molar-refractivity contribution < 1.29 is 14.3 Å². The number of hydrogen-bond donors (Lipinski definition) is 1. The molecule has 1 aliphatic rings. The number of amides is 1. The van der Waals surface area contributed by atoms with Crippen LogP contribution >= 0.6 is 0 Å². The van der Waals surface area contributed by atoms with Crippen LogP contribution in [0.5, 0.6) is 11.5 Å². The Labute approximate surface area is 154 Å². The lowest BCUT2D eigenvalue weighted by molar-refractivity contribution is -0.129. The summed E-state index contributed by atoms with van der Waals surface area (Å²) in [6.45, 7) is 1.98. The second kappa shape index (κ2) is 8.23. The zero-order chi connectivity index (χ0) is 18.5. The molecule has 0 unspecified atom stereocenters. The molecule has 3 rings (SSSR count). The van der Waals surface area contributed by atoms with Crippen LogP contribution in [0.1, 0.15) is 17.0 Å². The van der Waals surface area contributed by atoms with Crippen molar-refractivity contribution in [2.75, 3.05) is 33.9 Å². The number of hydrogen-bond acceptors (Lipinski definition) is 4. The molecule has 0 saturated carbocycles. The van der Waals surface area contributed by atoms with Gasteiger partial charge in [0.15, 0.2) is 0 Å². The first-order chi connectivity index (χ1) is 12.7. The molecule has 0 radical (unpaired) electrons. The maximum absolute atomic E-state index is 12.9. The van der Waals surface area contributed by atoms with E-state index in [0.29, 0.717) is 31.8 Å². The molecular weight excluding hydrogens is 328 g/mol. The number of nitrogens with zero attached hydrogens (tertiary/aromatic N) is 1. The first-order valence-corrected chi connectivity index (χ1v) is 8.90. The summed E-state index contributed by atoms with van der Waals surface area (Å²) in [5.74, 6) is 2.09. The van der Waals surface area contributed by atoms with Crippen molar-refractivity contribution in [1.29, 1.82) is 0 Å². The Bertz CT molecular complexity index is 748. The van der Waals surface area contributed by atoms with Crippen molar-refractivity contribution in [3.8, 4) is 11.5 Å². The molecule has 138 valence electrons. The van der Waals surface area contributed by atoms with Crippen molar-refractivity contribution in [2.24, 2.45) is 11.7 Å². The zero-order valence-electron chi connectivity index (χ0n) is 15.4. The lowest BCUT2D eigenvalue weighted by Gasteiger charge is -2.18. The van der Waals surface area contributed by atoms with Crippen molar-refractivity contribution in [3.63, 3.8) is 0 Å². The van der Waals surface area contributed by atoms with Gasteiger partial charge in [-0.05, 0) is 36.2 Å². The number of methoxy groups -OCH3 is 2. The van der Waals surface area contributed by atoms with Crippen molar-refractivity contribution in [1.82, 2.24) is 4.90 Å². The Morgan fingerprint density at radius 1 is 1.12 bits per heavy atom. The molecule has 26 heavy (non-hydrogen) atoms. The van der Waals surface area contributed by atoms with Crippen LogP contribution in [0.3, 0.4) is 0 Å². The van der Waals surface area contributed by atoms with Crippen LogP contribution < -0.4 is 15.2 Å². The summed E-state index contributed by atoms with van der Waals surface area (Å²) in [6.07, 6.45) is 0.291. The minimum Gasteiger partial charge on any atom is -0.497 e. The van der Waals surface area contributed by atoms with E-state index in [2.05, 4.69) is 12.1 Å². The Balaban J connectivity index is 1.75. The molecule has 0 spiro atoms. The predicted molar refractivity (Wildman–Crippen MR) is 102 cm³/mol. The number of carbonyl (C=O) groups excluding carboxylic acids is 1. The molecule has 5 nitrogen and oxygen atoms in total. The Morgan fingerprint density at radius 3 is 2.54 bits per heavy atom. The molecule has 1 saturated heterocycles. The van der Waals surface area contributed by atoms with E-state index >= 15 is 0 Å². The number of carbonyl (C=O) groups is 1. The molecule has 2 N–H and O–H groups in total. The van der Waals surface area contributed by atoms with Gasteiger partial charge in [-0.2, -0.15) is 0 Å². The van der Waals surface area contributed by atoms with Crippen LogP contribution in [0.4, 0.5) is 0 Å². The Hall–Kier alpha value is -2.53. The molecule has 5 heteroatoms. The molecule has 0 aromatic heterocycles. The topological polar surface area (TPSA) is 64.8 Å². The molecule has 0 bridgehead atoms. The summed E-state index contributed by atoms with van der Waals surface area (Å²) >= 11 is 0. The van der Waals surface area contributed by atoms with Gasteiger partial charge in [-0.1, -0.05) is 30.3 Å². The van der Waals surface area contributed by atoms with Gasteiger partial charge < -0.3 is 20.1 Å². The van der Waals surface area contributed by atoms with Gasteiger partial charge in [-0.25, -0.2) is 0 Å². The van der Waals surface area contributed by atoms with E-state index in [1.807, 2.05) is 41.3 Å². The highest BCUT2D eigenvalue weighted by molar-refractivity contribution is 5.80. The van der Waals surface area contributed by atoms with Gasteiger partial charge in [0.05, 0.1) is 20.6 Å². The number of rotatable bonds is 6. The minimum atomic E-state index is 0.0911. The van der Waals surface area contributed by atoms with E-state index in [1.165, 1.54) is 5.56 Å². The van der Waals surface area contributed by atoms with Gasteiger partial charge in [0.2, 0.25) is 5.91 Å². The Kier molecular flexibility index (Phi) is 5.78. The summed E-state index contributed by atoms with van der Waals surface area (Å²) in [5.41, 5.74) is 8.07. The largest absolute Gasteiger partial charge is 0.497 e. The van der Waals surface area contributed by atoms with Crippen LogP contribution in [-0.4, -0.2) is 44.7 Å². The number of nitrogens with two attached hydrogens (primary N) is 1. The average molecular weight is 354 g/mol. The maximum Gasteiger partial charge on any atom is 0.227 e. The third-order valence-corrected chi connectivity index (χ3v) is 5.15. The number of benzene rings is 2. The quantitative estimate of drug-likeness (QED) is 0.865. The molecule has 1 aliphatic heterocycles. The van der Waals surface area contributed by atoms with E-state index in [4.69, 9.17) is 15.2 Å². The minimum absolute atomic E-state index is 0.0911. The monoisotopic (exact) mass is 354 g/mol. The standard InChI is InChI=1S/C21H26N2O3/c1-25-18-8-9-20(26-2)16(10-18)11-21(24)23-13-17(12-22)19(14-23)15-6-4-3-5-7-15/h3-10,17,19H,11-14,22H2,1-2H3/t17-,19+/m1/s1. The fourth-order valence-electron chi connectivity index (χ4n) is 3.69. The molecule has 1 amide bonds. The summed E-state index contributed by atoms with van der Waals surface area (Å²) in [7, 11) is 3.23. The second-order valence-electron chi connectivity index (χ2n) is 6.67. The molecule has 1 heterocycles. The fourth-order valence-corrected chi connectivity index (χ4v) is 3.69. The zero-order valence-corrected chi connectivity index (χ0v) is 15.4. The Morgan fingerprint density at radius 2 is 1.88 bits per heavy atom. The maximum atomic E-state index is 12.9. The van der Waals surface area contributed by atoms with Crippen LogP contribution in [-0.2, 0) is 11.2 Å². The normalized spacial score (nSPS) is 19.4. The van der Waals surface area contributed by atoms with Gasteiger partial charge in [-0.15, -0.1) is 0 Å². The lowest BCUT2D eigenvalue weighted by Crippen LogP contribution is -2.31. The third-order valence-electron chi connectivity index (χ3n) is 5.15. The number of likely N-dealkylation sites (tertiary alicyclic amines) is 1. The van der Waals surface area contributed by atoms with Gasteiger partial charge >= 0.3 is 0 Å². The van der Waals surface area contributed by atoms with E-state index in [-0.39, 0.29) is 17.7 Å². The highest BCUT2D eigenvalue weighted by Crippen LogP contribution is 2.33. The van der Waals surface area contributed by atoms with E-state index < -0.39 is 0 Å². The van der Waals surface area contributed by atoms with Crippen molar-refractivity contribution in [2.45, 2.75) is 12.3 Å². The van der Waals surface area contributed by atoms with Gasteiger partial charge in [-0.3, -0.25) is 4.79 Å². The molecule has 2 atom stereocenters. The first-order valence-electron chi connectivity index (χ1n) is 8.90. The van der Waals surface area contributed by atoms with Crippen LogP contribution in [0.2, 0.25) is 0 Å². The van der Waals surface area contributed by atoms with Gasteiger partial charge in [0.25, 0.3) is 0 Å². The highest BCUT2D eigenvalue weighted by Gasteiger charge is 2.35. The average Bonchev–Trinajstić information content (AvgIpc) is 3.13. The molecule has 1 fully saturated rings. The molecule has 0 aliphatic carbocycles.